The van der Waals surface area contributed by atoms with Crippen LogP contribution in [0.3, 0.4) is 0 Å². The highest BCUT2D eigenvalue weighted by molar-refractivity contribution is 5.96. The molecule has 0 spiro atoms. The van der Waals surface area contributed by atoms with Gasteiger partial charge in [-0.3, -0.25) is 9.59 Å². The summed E-state index contributed by atoms with van der Waals surface area (Å²) in [6.45, 7) is 0. The summed E-state index contributed by atoms with van der Waals surface area (Å²) in [5.41, 5.74) is 0.291. The minimum atomic E-state index is -0.960. The van der Waals surface area contributed by atoms with Gasteiger partial charge in [0.15, 0.2) is 11.6 Å². The van der Waals surface area contributed by atoms with Crippen LogP contribution in [0.1, 0.15) is 6.42 Å². The van der Waals surface area contributed by atoms with Crippen LogP contribution in [-0.2, 0) is 9.59 Å². The number of benzene rings is 1. The number of fused-ring (bicyclic) bond motifs is 2. The number of aliphatic carboxylic acids is 1. The minimum Gasteiger partial charge on any atom is -0.494 e. The highest BCUT2D eigenvalue weighted by Gasteiger charge is 2.51. The lowest BCUT2D eigenvalue weighted by Crippen LogP contribution is -2.36. The Morgan fingerprint density at radius 3 is 2.55 bits per heavy atom. The van der Waals surface area contributed by atoms with Gasteiger partial charge in [-0.2, -0.15) is 0 Å². The van der Waals surface area contributed by atoms with Gasteiger partial charge in [0.1, 0.15) is 0 Å². The van der Waals surface area contributed by atoms with E-state index in [1.165, 1.54) is 19.2 Å². The lowest BCUT2D eigenvalue weighted by Gasteiger charge is -2.23. The summed E-state index contributed by atoms with van der Waals surface area (Å²) in [5.74, 6) is -3.31. The van der Waals surface area contributed by atoms with Crippen molar-refractivity contribution in [3.8, 4) is 5.75 Å². The lowest BCUT2D eigenvalue weighted by atomic mass is 9.82. The Kier molecular flexibility index (Phi) is 3.60. The highest BCUT2D eigenvalue weighted by atomic mass is 19.1. The molecule has 0 radical (unpaired) electrons. The van der Waals surface area contributed by atoms with Crippen molar-refractivity contribution in [3.63, 3.8) is 0 Å². The van der Waals surface area contributed by atoms with Crippen LogP contribution in [0.25, 0.3) is 0 Å². The van der Waals surface area contributed by atoms with E-state index in [9.17, 15) is 19.1 Å². The number of allylic oxidation sites excluding steroid dienone is 2. The fraction of sp³-hybridized carbons (Fsp3) is 0.375. The molecular formula is C16H16FNO4. The zero-order valence-corrected chi connectivity index (χ0v) is 12.0. The molecule has 2 bridgehead atoms. The average molecular weight is 305 g/mol. The Labute approximate surface area is 126 Å². The Morgan fingerprint density at radius 2 is 1.95 bits per heavy atom. The topological polar surface area (TPSA) is 75.6 Å². The van der Waals surface area contributed by atoms with Crippen molar-refractivity contribution in [2.24, 2.45) is 23.7 Å². The third kappa shape index (κ3) is 2.34. The lowest BCUT2D eigenvalue weighted by molar-refractivity contribution is -0.146. The molecule has 22 heavy (non-hydrogen) atoms. The van der Waals surface area contributed by atoms with E-state index in [4.69, 9.17) is 4.74 Å². The molecule has 2 aliphatic carbocycles. The summed E-state index contributed by atoms with van der Waals surface area (Å²) in [5, 5.41) is 12.0. The summed E-state index contributed by atoms with van der Waals surface area (Å²) in [6.07, 6.45) is 4.47. The highest BCUT2D eigenvalue weighted by Crippen LogP contribution is 2.48. The zero-order valence-electron chi connectivity index (χ0n) is 12.0. The molecule has 0 aliphatic heterocycles. The van der Waals surface area contributed by atoms with Crippen LogP contribution in [0.15, 0.2) is 30.4 Å². The molecular weight excluding hydrogens is 289 g/mol. The second-order valence-corrected chi connectivity index (χ2v) is 5.68. The smallest absolute Gasteiger partial charge is 0.307 e. The first kappa shape index (κ1) is 14.6. The summed E-state index contributed by atoms with van der Waals surface area (Å²) >= 11 is 0. The number of ether oxygens (including phenoxy) is 1. The monoisotopic (exact) mass is 305 g/mol. The molecule has 1 amide bonds. The standard InChI is InChI=1S/C16H16FNO4/c1-22-12-5-4-10(7-11(12)17)18-15(19)13-8-2-3-9(6-8)14(13)16(20)21/h2-5,7-9,13-14H,6H2,1H3,(H,18,19)(H,20,21). The number of methoxy groups -OCH3 is 1. The molecule has 2 N–H and O–H groups in total. The Morgan fingerprint density at radius 1 is 1.27 bits per heavy atom. The number of amides is 1. The van der Waals surface area contributed by atoms with Crippen molar-refractivity contribution >= 4 is 17.6 Å². The summed E-state index contributed by atoms with van der Waals surface area (Å²) in [7, 11) is 1.36. The number of carboxylic acids is 1. The minimum absolute atomic E-state index is 0.0609. The SMILES string of the molecule is COc1ccc(NC(=O)C2C3C=CC(C3)C2C(=O)O)cc1F. The van der Waals surface area contributed by atoms with Gasteiger partial charge in [-0.15, -0.1) is 0 Å². The maximum absolute atomic E-state index is 13.7. The maximum Gasteiger partial charge on any atom is 0.307 e. The molecule has 5 nitrogen and oxygen atoms in total. The molecule has 0 heterocycles. The van der Waals surface area contributed by atoms with Gasteiger partial charge in [0.2, 0.25) is 5.91 Å². The summed E-state index contributed by atoms with van der Waals surface area (Å²) in [4.78, 5) is 23.8. The van der Waals surface area contributed by atoms with Gasteiger partial charge in [-0.1, -0.05) is 12.2 Å². The molecule has 3 rings (SSSR count). The number of carbonyl (C=O) groups is 2. The van der Waals surface area contributed by atoms with E-state index in [1.807, 2.05) is 12.2 Å². The molecule has 2 aliphatic rings. The van der Waals surface area contributed by atoms with Gasteiger partial charge in [0, 0.05) is 11.8 Å². The van der Waals surface area contributed by atoms with Gasteiger partial charge in [0.25, 0.3) is 0 Å². The Balaban J connectivity index is 1.78. The number of halogens is 1. The van der Waals surface area contributed by atoms with E-state index < -0.39 is 23.6 Å². The first-order chi connectivity index (χ1) is 10.5. The normalized spacial score (nSPS) is 28.6. The first-order valence-corrected chi connectivity index (χ1v) is 7.07. The number of hydrogen-bond donors (Lipinski definition) is 2. The van der Waals surface area contributed by atoms with Gasteiger partial charge in [-0.25, -0.2) is 4.39 Å². The predicted molar refractivity (Wildman–Crippen MR) is 76.9 cm³/mol. The maximum atomic E-state index is 13.7. The quantitative estimate of drug-likeness (QED) is 0.837. The van der Waals surface area contributed by atoms with Crippen LogP contribution in [0.4, 0.5) is 10.1 Å². The molecule has 1 aromatic rings. The molecule has 116 valence electrons. The largest absolute Gasteiger partial charge is 0.494 e. The number of nitrogens with one attached hydrogen (secondary N) is 1. The van der Waals surface area contributed by atoms with Gasteiger partial charge < -0.3 is 15.2 Å². The Hall–Kier alpha value is -2.37. The number of rotatable bonds is 4. The van der Waals surface area contributed by atoms with Crippen molar-refractivity contribution in [1.29, 1.82) is 0 Å². The van der Waals surface area contributed by atoms with E-state index in [1.54, 1.807) is 0 Å². The molecule has 6 heteroatoms. The van der Waals surface area contributed by atoms with Crippen LogP contribution in [0, 0.1) is 29.5 Å². The summed E-state index contributed by atoms with van der Waals surface area (Å²) < 4.78 is 18.5. The molecule has 1 fully saturated rings. The van der Waals surface area contributed by atoms with Crippen molar-refractivity contribution < 1.29 is 23.8 Å². The molecule has 4 unspecified atom stereocenters. The molecule has 1 aromatic carbocycles. The van der Waals surface area contributed by atoms with Crippen molar-refractivity contribution in [3.05, 3.63) is 36.2 Å². The van der Waals surface area contributed by atoms with Gasteiger partial charge in [0.05, 0.1) is 18.9 Å². The van der Waals surface area contributed by atoms with Crippen molar-refractivity contribution in [1.82, 2.24) is 0 Å². The Bertz CT molecular complexity index is 658. The van der Waals surface area contributed by atoms with Crippen molar-refractivity contribution in [2.45, 2.75) is 6.42 Å². The number of anilines is 1. The van der Waals surface area contributed by atoms with E-state index in [0.717, 1.165) is 6.07 Å². The third-order valence-electron chi connectivity index (χ3n) is 4.47. The van der Waals surface area contributed by atoms with E-state index in [-0.39, 0.29) is 23.5 Å². The fourth-order valence-electron chi connectivity index (χ4n) is 3.49. The van der Waals surface area contributed by atoms with Gasteiger partial charge >= 0.3 is 5.97 Å². The van der Waals surface area contributed by atoms with Crippen LogP contribution in [0.5, 0.6) is 5.75 Å². The fourth-order valence-corrected chi connectivity index (χ4v) is 3.49. The molecule has 1 saturated carbocycles. The number of carbonyl (C=O) groups excluding carboxylic acids is 1. The van der Waals surface area contributed by atoms with E-state index >= 15 is 0 Å². The molecule has 4 atom stereocenters. The summed E-state index contributed by atoms with van der Waals surface area (Å²) in [6, 6.07) is 4.11. The number of hydrogen-bond acceptors (Lipinski definition) is 3. The van der Waals surface area contributed by atoms with E-state index in [2.05, 4.69) is 5.32 Å². The first-order valence-electron chi connectivity index (χ1n) is 7.07. The van der Waals surface area contributed by atoms with Gasteiger partial charge in [-0.05, 0) is 30.4 Å². The third-order valence-corrected chi connectivity index (χ3v) is 4.47. The van der Waals surface area contributed by atoms with Crippen molar-refractivity contribution in [2.75, 3.05) is 12.4 Å². The predicted octanol–water partition coefficient (Wildman–Crippen LogP) is 2.30. The second-order valence-electron chi connectivity index (χ2n) is 5.68. The van der Waals surface area contributed by atoms with Crippen LogP contribution in [-0.4, -0.2) is 24.1 Å². The second kappa shape index (κ2) is 5.44. The average Bonchev–Trinajstić information content (AvgIpc) is 3.07. The number of carboxylic acid groups (broad SMARTS) is 1. The molecule has 0 aromatic heterocycles. The van der Waals surface area contributed by atoms with Crippen LogP contribution >= 0.6 is 0 Å². The molecule has 0 saturated heterocycles. The van der Waals surface area contributed by atoms with E-state index in [0.29, 0.717) is 12.1 Å². The van der Waals surface area contributed by atoms with Crippen LogP contribution in [0.2, 0.25) is 0 Å². The zero-order chi connectivity index (χ0) is 15.9. The van der Waals surface area contributed by atoms with Crippen LogP contribution < -0.4 is 10.1 Å².